The number of benzene rings is 2. The molecule has 0 saturated carbocycles. The van der Waals surface area contributed by atoms with Crippen molar-refractivity contribution in [3.8, 4) is 5.75 Å². The fourth-order valence-corrected chi connectivity index (χ4v) is 2.74. The Hall–Kier alpha value is -3.08. The first-order valence-corrected chi connectivity index (χ1v) is 8.44. The summed E-state index contributed by atoms with van der Waals surface area (Å²) in [6, 6.07) is 16.8. The molecule has 26 heavy (non-hydrogen) atoms. The first kappa shape index (κ1) is 17.7. The normalized spacial score (nSPS) is 15.7. The number of esters is 2. The molecular weight excluding hydrogens is 332 g/mol. The molecule has 1 unspecified atom stereocenters. The second-order valence-corrected chi connectivity index (χ2v) is 5.97. The monoisotopic (exact) mass is 352 g/mol. The molecule has 0 bridgehead atoms. The first-order valence-electron chi connectivity index (χ1n) is 8.44. The van der Waals surface area contributed by atoms with Crippen LogP contribution >= 0.6 is 0 Å². The summed E-state index contributed by atoms with van der Waals surface area (Å²) in [5, 5.41) is 0. The summed E-state index contributed by atoms with van der Waals surface area (Å²) in [5.41, 5.74) is 1.71. The van der Waals surface area contributed by atoms with E-state index in [4.69, 9.17) is 14.2 Å². The molecule has 1 heterocycles. The predicted molar refractivity (Wildman–Crippen MR) is 95.1 cm³/mol. The molecule has 1 atom stereocenters. The predicted octanol–water partition coefficient (Wildman–Crippen LogP) is 4.09. The number of rotatable bonds is 5. The van der Waals surface area contributed by atoms with Crippen LogP contribution in [0.1, 0.15) is 37.0 Å². The van der Waals surface area contributed by atoms with Crippen LogP contribution in [0.15, 0.2) is 66.4 Å². The zero-order valence-corrected chi connectivity index (χ0v) is 14.5. The molecule has 0 N–H and O–H groups in total. The Morgan fingerprint density at radius 3 is 2.58 bits per heavy atom. The molecule has 1 aliphatic heterocycles. The van der Waals surface area contributed by atoms with E-state index >= 15 is 0 Å². The SMILES string of the molecule is CC(=O)OC1CC=C(CC(=O)OCc2ccccc2)Oc2ccccc21. The molecule has 0 aliphatic carbocycles. The van der Waals surface area contributed by atoms with Gasteiger partial charge in [-0.2, -0.15) is 0 Å². The number of carbonyl (C=O) groups excluding carboxylic acids is 2. The fourth-order valence-electron chi connectivity index (χ4n) is 2.74. The van der Waals surface area contributed by atoms with Crippen LogP contribution in [-0.4, -0.2) is 11.9 Å². The van der Waals surface area contributed by atoms with Gasteiger partial charge in [-0.1, -0.05) is 48.5 Å². The summed E-state index contributed by atoms with van der Waals surface area (Å²) < 4.78 is 16.5. The summed E-state index contributed by atoms with van der Waals surface area (Å²) in [5.74, 6) is 0.343. The molecule has 0 fully saturated rings. The van der Waals surface area contributed by atoms with E-state index in [2.05, 4.69) is 0 Å². The van der Waals surface area contributed by atoms with Crippen LogP contribution in [0.2, 0.25) is 0 Å². The van der Waals surface area contributed by atoms with E-state index in [1.54, 1.807) is 12.1 Å². The Morgan fingerprint density at radius 1 is 1.08 bits per heavy atom. The van der Waals surface area contributed by atoms with E-state index in [1.165, 1.54) is 6.92 Å². The van der Waals surface area contributed by atoms with Gasteiger partial charge in [0.1, 0.15) is 30.6 Å². The van der Waals surface area contributed by atoms with E-state index in [9.17, 15) is 9.59 Å². The molecule has 0 amide bonds. The lowest BCUT2D eigenvalue weighted by atomic mass is 10.1. The summed E-state index contributed by atoms with van der Waals surface area (Å²) >= 11 is 0. The van der Waals surface area contributed by atoms with Gasteiger partial charge >= 0.3 is 11.9 Å². The van der Waals surface area contributed by atoms with E-state index in [1.807, 2.05) is 48.5 Å². The van der Waals surface area contributed by atoms with E-state index in [0.29, 0.717) is 17.9 Å². The van der Waals surface area contributed by atoms with Crippen molar-refractivity contribution >= 4 is 11.9 Å². The van der Waals surface area contributed by atoms with Crippen LogP contribution in [0.3, 0.4) is 0 Å². The van der Waals surface area contributed by atoms with Gasteiger partial charge in [-0.25, -0.2) is 0 Å². The van der Waals surface area contributed by atoms with Gasteiger partial charge in [-0.3, -0.25) is 9.59 Å². The maximum Gasteiger partial charge on any atom is 0.313 e. The average Bonchev–Trinajstić information content (AvgIpc) is 2.80. The smallest absolute Gasteiger partial charge is 0.313 e. The molecule has 5 heteroatoms. The van der Waals surface area contributed by atoms with Crippen LogP contribution in [-0.2, 0) is 25.7 Å². The van der Waals surface area contributed by atoms with Crippen LogP contribution in [0.5, 0.6) is 5.75 Å². The molecule has 0 spiro atoms. The highest BCUT2D eigenvalue weighted by atomic mass is 16.5. The largest absolute Gasteiger partial charge is 0.461 e. The Labute approximate surface area is 152 Å². The minimum absolute atomic E-state index is 0.0218. The highest BCUT2D eigenvalue weighted by Crippen LogP contribution is 2.35. The van der Waals surface area contributed by atoms with Gasteiger partial charge in [0.15, 0.2) is 0 Å². The molecule has 2 aromatic rings. The number of ether oxygens (including phenoxy) is 3. The number of hydrogen-bond donors (Lipinski definition) is 0. The van der Waals surface area contributed by atoms with Gasteiger partial charge in [0.05, 0.1) is 0 Å². The minimum Gasteiger partial charge on any atom is -0.461 e. The number of fused-ring (bicyclic) bond motifs is 1. The third-order valence-corrected chi connectivity index (χ3v) is 3.94. The lowest BCUT2D eigenvalue weighted by Gasteiger charge is -2.16. The topological polar surface area (TPSA) is 61.8 Å². The summed E-state index contributed by atoms with van der Waals surface area (Å²) in [4.78, 5) is 23.5. The van der Waals surface area contributed by atoms with E-state index < -0.39 is 6.10 Å². The van der Waals surface area contributed by atoms with Gasteiger partial charge in [0.2, 0.25) is 0 Å². The number of carbonyl (C=O) groups is 2. The summed E-state index contributed by atoms with van der Waals surface area (Å²) in [6.07, 6.45) is 1.81. The van der Waals surface area contributed by atoms with Crippen molar-refractivity contribution in [2.24, 2.45) is 0 Å². The highest BCUT2D eigenvalue weighted by Gasteiger charge is 2.23. The Balaban J connectivity index is 1.66. The molecular formula is C21H20O5. The number of hydrogen-bond acceptors (Lipinski definition) is 5. The molecule has 1 aliphatic rings. The van der Waals surface area contributed by atoms with Crippen LogP contribution in [0, 0.1) is 0 Å². The van der Waals surface area contributed by atoms with Crippen molar-refractivity contribution in [2.75, 3.05) is 0 Å². The summed E-state index contributed by atoms with van der Waals surface area (Å²) in [7, 11) is 0. The third kappa shape index (κ3) is 4.72. The molecule has 0 aromatic heterocycles. The van der Waals surface area contributed by atoms with Crippen molar-refractivity contribution in [1.29, 1.82) is 0 Å². The Bertz CT molecular complexity index is 810. The third-order valence-electron chi connectivity index (χ3n) is 3.94. The van der Waals surface area contributed by atoms with Gasteiger partial charge in [0, 0.05) is 18.9 Å². The second-order valence-electron chi connectivity index (χ2n) is 5.97. The van der Waals surface area contributed by atoms with E-state index in [-0.39, 0.29) is 25.0 Å². The van der Waals surface area contributed by atoms with Crippen molar-refractivity contribution in [1.82, 2.24) is 0 Å². The summed E-state index contributed by atoms with van der Waals surface area (Å²) in [6.45, 7) is 1.60. The number of para-hydroxylation sites is 1. The van der Waals surface area contributed by atoms with Crippen LogP contribution in [0.25, 0.3) is 0 Å². The molecule has 2 aromatic carbocycles. The van der Waals surface area contributed by atoms with Crippen molar-refractivity contribution in [2.45, 2.75) is 32.5 Å². The van der Waals surface area contributed by atoms with Gasteiger partial charge in [-0.15, -0.1) is 0 Å². The maximum atomic E-state index is 12.1. The Kier molecular flexibility index (Phi) is 5.69. The fraction of sp³-hybridized carbons (Fsp3) is 0.238. The molecule has 0 saturated heterocycles. The molecule has 134 valence electrons. The minimum atomic E-state index is -0.429. The van der Waals surface area contributed by atoms with E-state index in [0.717, 1.165) is 11.1 Å². The second kappa shape index (κ2) is 8.34. The van der Waals surface area contributed by atoms with Crippen molar-refractivity contribution < 1.29 is 23.8 Å². The highest BCUT2D eigenvalue weighted by molar-refractivity contribution is 5.72. The molecule has 5 nitrogen and oxygen atoms in total. The van der Waals surface area contributed by atoms with Crippen molar-refractivity contribution in [3.63, 3.8) is 0 Å². The zero-order chi connectivity index (χ0) is 18.4. The van der Waals surface area contributed by atoms with Crippen LogP contribution < -0.4 is 4.74 Å². The van der Waals surface area contributed by atoms with Gasteiger partial charge < -0.3 is 14.2 Å². The van der Waals surface area contributed by atoms with Crippen molar-refractivity contribution in [3.05, 3.63) is 77.6 Å². The van der Waals surface area contributed by atoms with Gasteiger partial charge in [0.25, 0.3) is 0 Å². The lowest BCUT2D eigenvalue weighted by molar-refractivity contribution is -0.147. The molecule has 0 radical (unpaired) electrons. The Morgan fingerprint density at radius 2 is 1.81 bits per heavy atom. The maximum absolute atomic E-state index is 12.1. The standard InChI is InChI=1S/C21H20O5/c1-15(22)25-20-12-11-17(26-19-10-6-5-9-18(19)20)13-21(23)24-14-16-7-3-2-4-8-16/h2-11,20H,12-14H2,1H3. The van der Waals surface area contributed by atoms with Gasteiger partial charge in [-0.05, 0) is 17.7 Å². The zero-order valence-electron chi connectivity index (χ0n) is 14.5. The van der Waals surface area contributed by atoms with Crippen LogP contribution in [0.4, 0.5) is 0 Å². The first-order chi connectivity index (χ1) is 12.6. The molecule has 3 rings (SSSR count). The average molecular weight is 352 g/mol. The lowest BCUT2D eigenvalue weighted by Crippen LogP contribution is -2.09. The quantitative estimate of drug-likeness (QED) is 0.759.